The number of sulfonamides is 1. The molecular weight excluding hydrogens is 244 g/mol. The molecule has 0 amide bonds. The van der Waals surface area contributed by atoms with E-state index in [1.54, 1.807) is 24.3 Å². The highest BCUT2D eigenvalue weighted by molar-refractivity contribution is 7.90. The molecule has 1 N–H and O–H groups in total. The molecule has 1 heterocycles. The molecule has 0 spiro atoms. The zero-order valence-electron chi connectivity index (χ0n) is 9.17. The fourth-order valence-electron chi connectivity index (χ4n) is 1.26. The molecule has 1 aromatic rings. The van der Waals surface area contributed by atoms with E-state index in [4.69, 9.17) is 5.26 Å². The van der Waals surface area contributed by atoms with Gasteiger partial charge in [-0.2, -0.15) is 16.6 Å². The summed E-state index contributed by atoms with van der Waals surface area (Å²) in [4.78, 5) is 0. The number of nitrogens with one attached hydrogen (secondary N) is 1. The van der Waals surface area contributed by atoms with Crippen LogP contribution in [0.3, 0.4) is 0 Å². The first-order valence-electron chi connectivity index (χ1n) is 4.87. The van der Waals surface area contributed by atoms with Gasteiger partial charge in [0, 0.05) is 6.04 Å². The lowest BCUT2D eigenvalue weighted by atomic mass is 10.1. The lowest BCUT2D eigenvalue weighted by Gasteiger charge is -2.14. The fourth-order valence-corrected chi connectivity index (χ4v) is 2.92. The van der Waals surface area contributed by atoms with Crippen molar-refractivity contribution in [1.29, 1.82) is 5.26 Å². The molecule has 0 saturated heterocycles. The second-order valence-corrected chi connectivity index (χ2v) is 6.48. The molecule has 0 aliphatic rings. The maximum atomic E-state index is 11.6. The second-order valence-electron chi connectivity index (χ2n) is 3.67. The van der Waals surface area contributed by atoms with Crippen LogP contribution in [0.15, 0.2) is 16.8 Å². The first-order chi connectivity index (χ1) is 7.45. The standard InChI is InChI=1S/C10H14N2O2S2/c1-8(5-10-3-4-15-7-10)12-16(13,14)9(2)6-11/h3-4,7-9,12H,5H2,1-2H3. The van der Waals surface area contributed by atoms with E-state index in [1.165, 1.54) is 6.92 Å². The summed E-state index contributed by atoms with van der Waals surface area (Å²) in [7, 11) is -3.52. The number of thiophene rings is 1. The quantitative estimate of drug-likeness (QED) is 0.870. The first kappa shape index (κ1) is 13.2. The van der Waals surface area contributed by atoms with E-state index in [9.17, 15) is 8.42 Å². The van der Waals surface area contributed by atoms with Gasteiger partial charge < -0.3 is 0 Å². The number of nitriles is 1. The average Bonchev–Trinajstić information content (AvgIpc) is 2.67. The summed E-state index contributed by atoms with van der Waals surface area (Å²) >= 11 is 1.58. The Morgan fingerprint density at radius 3 is 2.75 bits per heavy atom. The summed E-state index contributed by atoms with van der Waals surface area (Å²) in [6, 6.07) is 3.48. The van der Waals surface area contributed by atoms with Gasteiger partial charge >= 0.3 is 0 Å². The molecule has 6 heteroatoms. The zero-order valence-corrected chi connectivity index (χ0v) is 10.8. The van der Waals surface area contributed by atoms with Crippen molar-refractivity contribution in [2.45, 2.75) is 31.6 Å². The average molecular weight is 258 g/mol. The van der Waals surface area contributed by atoms with Gasteiger partial charge in [0.05, 0.1) is 6.07 Å². The van der Waals surface area contributed by atoms with E-state index >= 15 is 0 Å². The van der Waals surface area contributed by atoms with Crippen molar-refractivity contribution in [2.75, 3.05) is 0 Å². The topological polar surface area (TPSA) is 70.0 Å². The van der Waals surface area contributed by atoms with Crippen molar-refractivity contribution in [1.82, 2.24) is 4.72 Å². The predicted molar refractivity (Wildman–Crippen MR) is 64.6 cm³/mol. The van der Waals surface area contributed by atoms with Crippen LogP contribution >= 0.6 is 11.3 Å². The summed E-state index contributed by atoms with van der Waals surface area (Å²) in [5.41, 5.74) is 1.10. The highest BCUT2D eigenvalue weighted by atomic mass is 32.2. The molecule has 88 valence electrons. The van der Waals surface area contributed by atoms with E-state index in [2.05, 4.69) is 4.72 Å². The lowest BCUT2D eigenvalue weighted by molar-refractivity contribution is 0.556. The molecule has 0 aromatic carbocycles. The van der Waals surface area contributed by atoms with Crippen LogP contribution in [0, 0.1) is 11.3 Å². The highest BCUT2D eigenvalue weighted by Gasteiger charge is 2.22. The lowest BCUT2D eigenvalue weighted by Crippen LogP contribution is -2.38. The zero-order chi connectivity index (χ0) is 12.2. The molecule has 0 bridgehead atoms. The normalized spacial score (nSPS) is 15.3. The number of hydrogen-bond donors (Lipinski definition) is 1. The number of hydrogen-bond acceptors (Lipinski definition) is 4. The van der Waals surface area contributed by atoms with Gasteiger partial charge in [-0.25, -0.2) is 13.1 Å². The Morgan fingerprint density at radius 2 is 2.25 bits per heavy atom. The minimum Gasteiger partial charge on any atom is -0.211 e. The Balaban J connectivity index is 2.59. The van der Waals surface area contributed by atoms with Crippen LogP contribution in [-0.2, 0) is 16.4 Å². The minimum atomic E-state index is -3.52. The maximum absolute atomic E-state index is 11.6. The third kappa shape index (κ3) is 3.59. The minimum absolute atomic E-state index is 0.199. The van der Waals surface area contributed by atoms with Crippen LogP contribution in [-0.4, -0.2) is 19.7 Å². The molecule has 0 aliphatic carbocycles. The summed E-state index contributed by atoms with van der Waals surface area (Å²) < 4.78 is 25.6. The van der Waals surface area contributed by atoms with Gasteiger partial charge in [-0.15, -0.1) is 0 Å². The molecule has 0 fully saturated rings. The van der Waals surface area contributed by atoms with Gasteiger partial charge in [-0.3, -0.25) is 0 Å². The molecule has 0 aliphatic heterocycles. The van der Waals surface area contributed by atoms with Crippen molar-refractivity contribution < 1.29 is 8.42 Å². The Hall–Kier alpha value is -0.900. The largest absolute Gasteiger partial charge is 0.227 e. The van der Waals surface area contributed by atoms with Crippen LogP contribution < -0.4 is 4.72 Å². The smallest absolute Gasteiger partial charge is 0.211 e. The Morgan fingerprint density at radius 1 is 1.56 bits per heavy atom. The van der Waals surface area contributed by atoms with Gasteiger partial charge in [0.1, 0.15) is 0 Å². The van der Waals surface area contributed by atoms with E-state index < -0.39 is 15.3 Å². The molecule has 16 heavy (non-hydrogen) atoms. The van der Waals surface area contributed by atoms with E-state index in [-0.39, 0.29) is 6.04 Å². The molecule has 0 saturated carbocycles. The number of rotatable bonds is 5. The van der Waals surface area contributed by atoms with E-state index in [0.717, 1.165) is 5.56 Å². The van der Waals surface area contributed by atoms with Gasteiger partial charge in [0.15, 0.2) is 5.25 Å². The fraction of sp³-hybridized carbons (Fsp3) is 0.500. The second kappa shape index (κ2) is 5.43. The summed E-state index contributed by atoms with van der Waals surface area (Å²) in [5, 5.41) is 11.5. The van der Waals surface area contributed by atoms with Crippen LogP contribution in [0.2, 0.25) is 0 Å². The van der Waals surface area contributed by atoms with Crippen molar-refractivity contribution in [3.8, 4) is 6.07 Å². The summed E-state index contributed by atoms with van der Waals surface area (Å²) in [6.07, 6.45) is 0.640. The molecule has 2 atom stereocenters. The summed E-state index contributed by atoms with van der Waals surface area (Å²) in [6.45, 7) is 3.17. The van der Waals surface area contributed by atoms with E-state index in [0.29, 0.717) is 6.42 Å². The Labute approximate surface area is 100.0 Å². The van der Waals surface area contributed by atoms with Crippen molar-refractivity contribution in [3.63, 3.8) is 0 Å². The SMILES string of the molecule is CC(Cc1ccsc1)NS(=O)(=O)C(C)C#N. The molecule has 1 aromatic heterocycles. The third-order valence-electron chi connectivity index (χ3n) is 2.13. The Bertz CT molecular complexity index is 460. The number of nitrogens with zero attached hydrogens (tertiary/aromatic N) is 1. The summed E-state index contributed by atoms with van der Waals surface area (Å²) in [5.74, 6) is 0. The molecule has 0 radical (unpaired) electrons. The molecule has 4 nitrogen and oxygen atoms in total. The van der Waals surface area contributed by atoms with Crippen molar-refractivity contribution in [3.05, 3.63) is 22.4 Å². The van der Waals surface area contributed by atoms with Gasteiger partial charge in [-0.05, 0) is 42.7 Å². The van der Waals surface area contributed by atoms with Crippen molar-refractivity contribution in [2.24, 2.45) is 0 Å². The first-order valence-corrected chi connectivity index (χ1v) is 7.36. The maximum Gasteiger partial charge on any atom is 0.227 e. The van der Waals surface area contributed by atoms with Gasteiger partial charge in [0.2, 0.25) is 10.0 Å². The highest BCUT2D eigenvalue weighted by Crippen LogP contribution is 2.09. The Kier molecular flexibility index (Phi) is 4.47. The van der Waals surface area contributed by atoms with Gasteiger partial charge in [-0.1, -0.05) is 0 Å². The monoisotopic (exact) mass is 258 g/mol. The van der Waals surface area contributed by atoms with Gasteiger partial charge in [0.25, 0.3) is 0 Å². The predicted octanol–water partition coefficient (Wildman–Crippen LogP) is 1.51. The molecule has 1 rings (SSSR count). The third-order valence-corrected chi connectivity index (χ3v) is 4.63. The molecule has 2 unspecified atom stereocenters. The van der Waals surface area contributed by atoms with Crippen LogP contribution in [0.5, 0.6) is 0 Å². The van der Waals surface area contributed by atoms with Crippen LogP contribution in [0.25, 0.3) is 0 Å². The molecular formula is C10H14N2O2S2. The van der Waals surface area contributed by atoms with Crippen molar-refractivity contribution >= 4 is 21.4 Å². The van der Waals surface area contributed by atoms with Crippen LogP contribution in [0.1, 0.15) is 19.4 Å². The van der Waals surface area contributed by atoms with Crippen LogP contribution in [0.4, 0.5) is 0 Å². The van der Waals surface area contributed by atoms with E-state index in [1.807, 2.05) is 16.8 Å².